The van der Waals surface area contributed by atoms with Crippen molar-refractivity contribution in [3.8, 4) is 5.69 Å². The van der Waals surface area contributed by atoms with Crippen molar-refractivity contribution < 1.29 is 13.9 Å². The minimum Gasteiger partial charge on any atom is -0.461 e. The van der Waals surface area contributed by atoms with Crippen LogP contribution in [-0.4, -0.2) is 22.1 Å². The average Bonchev–Trinajstić information content (AvgIpc) is 3.05. The Bertz CT molecular complexity index is 788. The summed E-state index contributed by atoms with van der Waals surface area (Å²) in [6.07, 6.45) is 6.96. The largest absolute Gasteiger partial charge is 0.461 e. The first-order chi connectivity index (χ1) is 12.0. The molecule has 0 bridgehead atoms. The third kappa shape index (κ3) is 3.84. The van der Waals surface area contributed by atoms with Gasteiger partial charge in [-0.25, -0.2) is 14.2 Å². The summed E-state index contributed by atoms with van der Waals surface area (Å²) in [6.45, 7) is 2.02. The predicted octanol–water partition coefficient (Wildman–Crippen LogP) is 5.49. The lowest BCUT2D eigenvalue weighted by molar-refractivity contribution is 0.0520. The fraction of sp³-hybridized carbons (Fsp3) is 0.444. The van der Waals surface area contributed by atoms with Crippen LogP contribution < -0.4 is 0 Å². The molecule has 1 aromatic carbocycles. The summed E-state index contributed by atoms with van der Waals surface area (Å²) in [4.78, 5) is 16.7. The van der Waals surface area contributed by atoms with Crippen LogP contribution in [0.1, 0.15) is 61.3 Å². The summed E-state index contributed by atoms with van der Waals surface area (Å²) in [5.74, 6) is -0.0814. The highest BCUT2D eigenvalue weighted by molar-refractivity contribution is 14.1. The minimum atomic E-state index is -0.501. The Morgan fingerprint density at radius 2 is 2.12 bits per heavy atom. The molecular formula is C18H19ClFIN2O2. The number of imidazole rings is 1. The molecule has 0 radical (unpaired) electrons. The quantitative estimate of drug-likeness (QED) is 0.333. The van der Waals surface area contributed by atoms with Crippen molar-refractivity contribution in [3.05, 3.63) is 44.3 Å². The first-order valence-corrected chi connectivity index (χ1v) is 9.88. The van der Waals surface area contributed by atoms with Crippen molar-refractivity contribution in [3.63, 3.8) is 0 Å². The highest BCUT2D eigenvalue weighted by atomic mass is 127. The molecule has 0 spiro atoms. The third-order valence-corrected chi connectivity index (χ3v) is 5.61. The summed E-state index contributed by atoms with van der Waals surface area (Å²) >= 11 is 8.06. The summed E-state index contributed by atoms with van der Waals surface area (Å²) in [7, 11) is 0. The van der Waals surface area contributed by atoms with Gasteiger partial charge in [0.1, 0.15) is 5.82 Å². The molecule has 1 fully saturated rings. The number of nitrogens with zero attached hydrogens (tertiary/aromatic N) is 2. The number of ether oxygens (including phenoxy) is 1. The van der Waals surface area contributed by atoms with Crippen LogP contribution in [0.25, 0.3) is 5.69 Å². The van der Waals surface area contributed by atoms with Gasteiger partial charge in [0.15, 0.2) is 11.5 Å². The van der Waals surface area contributed by atoms with Crippen molar-refractivity contribution in [2.24, 2.45) is 0 Å². The third-order valence-electron chi connectivity index (χ3n) is 4.45. The van der Waals surface area contributed by atoms with E-state index in [0.717, 1.165) is 25.7 Å². The van der Waals surface area contributed by atoms with Gasteiger partial charge in [-0.1, -0.05) is 30.9 Å². The molecule has 1 aliphatic rings. The number of carbonyl (C=O) groups is 1. The zero-order valence-corrected chi connectivity index (χ0v) is 16.8. The highest BCUT2D eigenvalue weighted by Gasteiger charge is 2.27. The molecule has 3 rings (SSSR count). The fourth-order valence-electron chi connectivity index (χ4n) is 3.26. The van der Waals surface area contributed by atoms with E-state index in [-0.39, 0.29) is 23.2 Å². The number of esters is 1. The number of hydrogen-bond donors (Lipinski definition) is 0. The lowest BCUT2D eigenvalue weighted by Crippen LogP contribution is -2.13. The molecule has 1 aliphatic carbocycles. The van der Waals surface area contributed by atoms with Gasteiger partial charge in [0.2, 0.25) is 0 Å². The van der Waals surface area contributed by atoms with E-state index in [1.165, 1.54) is 12.5 Å². The number of aromatic nitrogens is 2. The second-order valence-electron chi connectivity index (χ2n) is 6.10. The molecule has 4 nitrogen and oxygen atoms in total. The molecule has 0 atom stereocenters. The monoisotopic (exact) mass is 476 g/mol. The molecule has 0 N–H and O–H groups in total. The lowest BCUT2D eigenvalue weighted by Gasteiger charge is -2.22. The van der Waals surface area contributed by atoms with Crippen LogP contribution in [0.15, 0.2) is 18.3 Å². The second kappa shape index (κ2) is 8.03. The van der Waals surface area contributed by atoms with Gasteiger partial charge in [0.05, 0.1) is 17.3 Å². The maximum atomic E-state index is 14.8. The van der Waals surface area contributed by atoms with Crippen LogP contribution in [0.2, 0.25) is 5.02 Å². The summed E-state index contributed by atoms with van der Waals surface area (Å²) in [5.41, 5.74) is 0.550. The smallest absolute Gasteiger partial charge is 0.358 e. The molecule has 0 saturated heterocycles. The molecule has 25 heavy (non-hydrogen) atoms. The van der Waals surface area contributed by atoms with Gasteiger partial charge in [0, 0.05) is 15.7 Å². The Labute approximate surface area is 164 Å². The van der Waals surface area contributed by atoms with E-state index in [9.17, 15) is 9.18 Å². The fourth-order valence-corrected chi connectivity index (χ4v) is 4.09. The molecule has 1 heterocycles. The first-order valence-electron chi connectivity index (χ1n) is 8.43. The molecule has 1 saturated carbocycles. The number of hydrogen-bond acceptors (Lipinski definition) is 3. The summed E-state index contributed by atoms with van der Waals surface area (Å²) in [6, 6.07) is 3.29. The second-order valence-corrected chi connectivity index (χ2v) is 7.67. The van der Waals surface area contributed by atoms with Crippen LogP contribution in [0, 0.1) is 9.39 Å². The first kappa shape index (κ1) is 18.6. The Hall–Kier alpha value is -1.15. The van der Waals surface area contributed by atoms with Crippen molar-refractivity contribution in [1.82, 2.24) is 9.55 Å². The van der Waals surface area contributed by atoms with Gasteiger partial charge in [-0.3, -0.25) is 4.57 Å². The van der Waals surface area contributed by atoms with Gasteiger partial charge < -0.3 is 4.74 Å². The van der Waals surface area contributed by atoms with Crippen molar-refractivity contribution in [2.75, 3.05) is 6.61 Å². The van der Waals surface area contributed by atoms with Crippen LogP contribution in [-0.2, 0) is 4.74 Å². The van der Waals surface area contributed by atoms with E-state index in [0.29, 0.717) is 15.1 Å². The zero-order chi connectivity index (χ0) is 18.0. The molecule has 2 aromatic rings. The maximum Gasteiger partial charge on any atom is 0.358 e. The zero-order valence-electron chi connectivity index (χ0n) is 13.9. The Kier molecular flexibility index (Phi) is 5.99. The Morgan fingerprint density at radius 3 is 2.80 bits per heavy atom. The Morgan fingerprint density at radius 1 is 1.40 bits per heavy atom. The lowest BCUT2D eigenvalue weighted by atomic mass is 9.88. The minimum absolute atomic E-state index is 0.0522. The number of benzene rings is 1. The van der Waals surface area contributed by atoms with E-state index in [2.05, 4.69) is 27.6 Å². The van der Waals surface area contributed by atoms with E-state index < -0.39 is 11.8 Å². The molecule has 7 heteroatoms. The van der Waals surface area contributed by atoms with Gasteiger partial charge in [-0.2, -0.15) is 0 Å². The predicted molar refractivity (Wildman–Crippen MR) is 103 cm³/mol. The number of carbonyl (C=O) groups excluding carboxylic acids is 1. The van der Waals surface area contributed by atoms with E-state index in [4.69, 9.17) is 16.3 Å². The van der Waals surface area contributed by atoms with E-state index in [1.54, 1.807) is 23.8 Å². The van der Waals surface area contributed by atoms with Crippen molar-refractivity contribution >= 4 is 40.2 Å². The SMILES string of the molecule is CCOC(=O)c1cn(-c2c(I)ccc(Cl)c2F)c(C2CCCCC2)n1. The van der Waals surface area contributed by atoms with Crippen LogP contribution in [0.4, 0.5) is 4.39 Å². The molecule has 0 unspecified atom stereocenters. The van der Waals surface area contributed by atoms with Crippen LogP contribution >= 0.6 is 34.2 Å². The van der Waals surface area contributed by atoms with Crippen LogP contribution in [0.5, 0.6) is 0 Å². The highest BCUT2D eigenvalue weighted by Crippen LogP contribution is 2.35. The van der Waals surface area contributed by atoms with Gasteiger partial charge in [0.25, 0.3) is 0 Å². The molecule has 134 valence electrons. The summed E-state index contributed by atoms with van der Waals surface area (Å²) in [5, 5.41) is 0.0522. The molecule has 1 aromatic heterocycles. The normalized spacial score (nSPS) is 15.4. The maximum absolute atomic E-state index is 14.8. The molecular weight excluding hydrogens is 458 g/mol. The van der Waals surface area contributed by atoms with Gasteiger partial charge >= 0.3 is 5.97 Å². The van der Waals surface area contributed by atoms with Crippen molar-refractivity contribution in [2.45, 2.75) is 44.9 Å². The summed E-state index contributed by atoms with van der Waals surface area (Å²) < 4.78 is 22.2. The van der Waals surface area contributed by atoms with Crippen LogP contribution in [0.3, 0.4) is 0 Å². The van der Waals surface area contributed by atoms with Gasteiger partial charge in [-0.15, -0.1) is 0 Å². The topological polar surface area (TPSA) is 44.1 Å². The average molecular weight is 477 g/mol. The van der Waals surface area contributed by atoms with E-state index >= 15 is 0 Å². The molecule has 0 amide bonds. The van der Waals surface area contributed by atoms with E-state index in [1.807, 2.05) is 0 Å². The van der Waals surface area contributed by atoms with Gasteiger partial charge in [-0.05, 0) is 54.5 Å². The number of rotatable bonds is 4. The molecule has 0 aliphatic heterocycles. The standard InChI is InChI=1S/C18H19ClFIN2O2/c1-2-25-18(24)14-10-23(16-13(21)9-8-12(19)15(16)20)17(22-14)11-6-4-3-5-7-11/h8-11H,2-7H2,1H3. The Balaban J connectivity index is 2.14. The van der Waals surface area contributed by atoms with Crippen molar-refractivity contribution in [1.29, 1.82) is 0 Å². The number of halogens is 3.